The van der Waals surface area contributed by atoms with E-state index in [0.29, 0.717) is 31.5 Å². The number of aliphatic hydroxyl groups excluding tert-OH is 2. The van der Waals surface area contributed by atoms with Crippen LogP contribution in [0.5, 0.6) is 0 Å². The fourth-order valence-corrected chi connectivity index (χ4v) is 4.19. The third-order valence-electron chi connectivity index (χ3n) is 4.09. The van der Waals surface area contributed by atoms with Crippen molar-refractivity contribution in [3.05, 3.63) is 29.8 Å². The molecule has 2 rings (SSSR count). The minimum Gasteiger partial charge on any atom is -0.393 e. The molecule has 0 saturated carbocycles. The van der Waals surface area contributed by atoms with Gasteiger partial charge in [0, 0.05) is 13.1 Å². The lowest BCUT2D eigenvalue weighted by Crippen LogP contribution is -2.44. The molecule has 1 aliphatic rings. The Morgan fingerprint density at radius 1 is 1.43 bits per heavy atom. The van der Waals surface area contributed by atoms with Gasteiger partial charge in [-0.15, -0.1) is 0 Å². The molecule has 0 radical (unpaired) electrons. The van der Waals surface area contributed by atoms with Crippen LogP contribution in [0.1, 0.15) is 38.4 Å². The average molecular weight is 313 g/mol. The van der Waals surface area contributed by atoms with E-state index in [4.69, 9.17) is 0 Å². The summed E-state index contributed by atoms with van der Waals surface area (Å²) in [6.07, 6.45) is -0.0966. The molecule has 118 valence electrons. The fourth-order valence-electron chi connectivity index (χ4n) is 2.58. The standard InChI is InChI=1S/C15H23NO4S/c1-3-14(17)12-5-4-6-13(9-12)21(19,20)16-8-7-15(18)11(2)10-16/h4-6,9,11,14-15,17-18H,3,7-8,10H2,1-2H3. The van der Waals surface area contributed by atoms with Crippen molar-refractivity contribution in [2.24, 2.45) is 5.92 Å². The predicted molar refractivity (Wildman–Crippen MR) is 80.2 cm³/mol. The van der Waals surface area contributed by atoms with Crippen LogP contribution in [0.4, 0.5) is 0 Å². The van der Waals surface area contributed by atoms with Gasteiger partial charge in [0.25, 0.3) is 0 Å². The van der Waals surface area contributed by atoms with Crippen molar-refractivity contribution < 1.29 is 18.6 Å². The minimum atomic E-state index is -3.57. The van der Waals surface area contributed by atoms with Gasteiger partial charge in [0.1, 0.15) is 0 Å². The Morgan fingerprint density at radius 3 is 2.76 bits per heavy atom. The van der Waals surface area contributed by atoms with Crippen molar-refractivity contribution in [3.8, 4) is 0 Å². The molecular formula is C15H23NO4S. The highest BCUT2D eigenvalue weighted by Gasteiger charge is 2.32. The summed E-state index contributed by atoms with van der Waals surface area (Å²) in [5, 5.41) is 19.6. The maximum absolute atomic E-state index is 12.7. The first kappa shape index (κ1) is 16.4. The Labute approximate surface area is 126 Å². The first-order valence-corrected chi connectivity index (χ1v) is 8.76. The van der Waals surface area contributed by atoms with Gasteiger partial charge in [-0.05, 0) is 36.5 Å². The van der Waals surface area contributed by atoms with Gasteiger partial charge in [-0.2, -0.15) is 4.31 Å². The molecule has 1 aliphatic heterocycles. The van der Waals surface area contributed by atoms with Crippen LogP contribution >= 0.6 is 0 Å². The molecule has 0 aromatic heterocycles. The van der Waals surface area contributed by atoms with Crippen LogP contribution in [0, 0.1) is 5.92 Å². The summed E-state index contributed by atoms with van der Waals surface area (Å²) in [7, 11) is -3.57. The van der Waals surface area contributed by atoms with Crippen LogP contribution < -0.4 is 0 Å². The second-order valence-corrected chi connectivity index (χ2v) is 7.63. The monoisotopic (exact) mass is 313 g/mol. The van der Waals surface area contributed by atoms with E-state index >= 15 is 0 Å². The largest absolute Gasteiger partial charge is 0.393 e. The Hall–Kier alpha value is -0.950. The van der Waals surface area contributed by atoms with E-state index in [2.05, 4.69) is 0 Å². The zero-order chi connectivity index (χ0) is 15.6. The highest BCUT2D eigenvalue weighted by Crippen LogP contribution is 2.26. The lowest BCUT2D eigenvalue weighted by Gasteiger charge is -2.33. The average Bonchev–Trinajstić information content (AvgIpc) is 2.49. The van der Waals surface area contributed by atoms with Crippen molar-refractivity contribution in [2.45, 2.75) is 43.8 Å². The Bertz CT molecular complexity index is 587. The Kier molecular flexibility index (Phi) is 5.03. The number of sulfonamides is 1. The topological polar surface area (TPSA) is 77.8 Å². The molecule has 1 aromatic carbocycles. The molecule has 1 fully saturated rings. The molecule has 3 unspecified atom stereocenters. The third-order valence-corrected chi connectivity index (χ3v) is 5.95. The van der Waals surface area contributed by atoms with E-state index in [-0.39, 0.29) is 10.8 Å². The van der Waals surface area contributed by atoms with E-state index < -0.39 is 22.2 Å². The van der Waals surface area contributed by atoms with Crippen molar-refractivity contribution in [1.29, 1.82) is 0 Å². The summed E-state index contributed by atoms with van der Waals surface area (Å²) in [6.45, 7) is 4.35. The quantitative estimate of drug-likeness (QED) is 0.883. The van der Waals surface area contributed by atoms with Crippen molar-refractivity contribution >= 4 is 10.0 Å². The molecule has 5 nitrogen and oxygen atoms in total. The number of hydrogen-bond acceptors (Lipinski definition) is 4. The summed E-state index contributed by atoms with van der Waals surface area (Å²) in [5.41, 5.74) is 0.615. The van der Waals surface area contributed by atoms with Crippen LogP contribution in [-0.4, -0.2) is 42.1 Å². The lowest BCUT2D eigenvalue weighted by molar-refractivity contribution is 0.0628. The molecular weight excluding hydrogens is 290 g/mol. The minimum absolute atomic E-state index is 0.0714. The van der Waals surface area contributed by atoms with Crippen LogP contribution in [0.15, 0.2) is 29.2 Å². The van der Waals surface area contributed by atoms with Gasteiger partial charge in [0.15, 0.2) is 0 Å². The molecule has 1 heterocycles. The summed E-state index contributed by atoms with van der Waals surface area (Å²) < 4.78 is 26.7. The van der Waals surface area contributed by atoms with E-state index in [1.165, 1.54) is 4.31 Å². The SMILES string of the molecule is CCC(O)c1cccc(S(=O)(=O)N2CCC(O)C(C)C2)c1. The predicted octanol–water partition coefficient (Wildman–Crippen LogP) is 1.52. The zero-order valence-electron chi connectivity index (χ0n) is 12.4. The number of rotatable bonds is 4. The normalized spacial score (nSPS) is 25.7. The molecule has 0 amide bonds. The summed E-state index contributed by atoms with van der Waals surface area (Å²) in [5.74, 6) is -0.0714. The molecule has 0 bridgehead atoms. The van der Waals surface area contributed by atoms with Gasteiger partial charge in [-0.3, -0.25) is 0 Å². The fraction of sp³-hybridized carbons (Fsp3) is 0.600. The van der Waals surface area contributed by atoms with Gasteiger partial charge in [-0.1, -0.05) is 26.0 Å². The van der Waals surface area contributed by atoms with E-state index in [1.807, 2.05) is 13.8 Å². The van der Waals surface area contributed by atoms with Crippen LogP contribution in [-0.2, 0) is 10.0 Å². The number of aliphatic hydroxyl groups is 2. The highest BCUT2D eigenvalue weighted by atomic mass is 32.2. The van der Waals surface area contributed by atoms with Crippen molar-refractivity contribution in [3.63, 3.8) is 0 Å². The van der Waals surface area contributed by atoms with E-state index in [9.17, 15) is 18.6 Å². The highest BCUT2D eigenvalue weighted by molar-refractivity contribution is 7.89. The van der Waals surface area contributed by atoms with Crippen molar-refractivity contribution in [1.82, 2.24) is 4.31 Å². The van der Waals surface area contributed by atoms with Crippen LogP contribution in [0.25, 0.3) is 0 Å². The molecule has 1 saturated heterocycles. The van der Waals surface area contributed by atoms with Gasteiger partial charge in [0.05, 0.1) is 17.1 Å². The molecule has 2 N–H and O–H groups in total. The number of hydrogen-bond donors (Lipinski definition) is 2. The molecule has 21 heavy (non-hydrogen) atoms. The second-order valence-electron chi connectivity index (χ2n) is 5.69. The summed E-state index contributed by atoms with van der Waals surface area (Å²) >= 11 is 0. The van der Waals surface area contributed by atoms with Crippen LogP contribution in [0.3, 0.4) is 0 Å². The Morgan fingerprint density at radius 2 is 2.14 bits per heavy atom. The first-order chi connectivity index (χ1) is 9.86. The lowest BCUT2D eigenvalue weighted by atomic mass is 9.99. The van der Waals surface area contributed by atoms with Gasteiger partial charge < -0.3 is 10.2 Å². The zero-order valence-corrected chi connectivity index (χ0v) is 13.3. The number of nitrogens with zero attached hydrogens (tertiary/aromatic N) is 1. The maximum atomic E-state index is 12.7. The summed E-state index contributed by atoms with van der Waals surface area (Å²) in [4.78, 5) is 0.205. The van der Waals surface area contributed by atoms with Crippen LogP contribution in [0.2, 0.25) is 0 Å². The molecule has 1 aromatic rings. The Balaban J connectivity index is 2.27. The molecule has 0 spiro atoms. The second kappa shape index (κ2) is 6.44. The summed E-state index contributed by atoms with van der Waals surface area (Å²) in [6, 6.07) is 6.48. The molecule has 3 atom stereocenters. The van der Waals surface area contributed by atoms with Crippen molar-refractivity contribution in [2.75, 3.05) is 13.1 Å². The maximum Gasteiger partial charge on any atom is 0.243 e. The number of piperidine rings is 1. The first-order valence-electron chi connectivity index (χ1n) is 7.32. The number of benzene rings is 1. The van der Waals surface area contributed by atoms with Gasteiger partial charge in [0.2, 0.25) is 10.0 Å². The molecule has 0 aliphatic carbocycles. The molecule has 6 heteroatoms. The van der Waals surface area contributed by atoms with E-state index in [0.717, 1.165) is 0 Å². The van der Waals surface area contributed by atoms with Gasteiger partial charge in [-0.25, -0.2) is 8.42 Å². The smallest absolute Gasteiger partial charge is 0.243 e. The van der Waals surface area contributed by atoms with Gasteiger partial charge >= 0.3 is 0 Å². The van der Waals surface area contributed by atoms with E-state index in [1.54, 1.807) is 24.3 Å². The third kappa shape index (κ3) is 3.45.